The van der Waals surface area contributed by atoms with Gasteiger partial charge in [0.05, 0.1) is 9.16 Å². The van der Waals surface area contributed by atoms with Gasteiger partial charge in [0.15, 0.2) is 0 Å². The van der Waals surface area contributed by atoms with Crippen LogP contribution in [0.5, 0.6) is 0 Å². The Hall–Kier alpha value is -0.420. The number of rotatable bonds is 2. The van der Waals surface area contributed by atoms with Gasteiger partial charge in [-0.05, 0) is 32.7 Å². The Balaban J connectivity index is 1.89. The van der Waals surface area contributed by atoms with Gasteiger partial charge in [0, 0.05) is 23.0 Å². The van der Waals surface area contributed by atoms with Crippen molar-refractivity contribution in [2.45, 2.75) is 9.16 Å². The van der Waals surface area contributed by atoms with E-state index >= 15 is 0 Å². The lowest BCUT2D eigenvalue weighted by molar-refractivity contribution is 1.43. The summed E-state index contributed by atoms with van der Waals surface area (Å²) in [5.74, 6) is 5.09. The molecule has 122 valence electrons. The average molecular weight is 387 g/mol. The number of hydrogen-bond donors (Lipinski definition) is 0. The molecule has 0 aliphatic carbocycles. The third kappa shape index (κ3) is 2.57. The molecule has 2 heterocycles. The molecule has 0 spiro atoms. The van der Waals surface area contributed by atoms with Gasteiger partial charge in [0.25, 0.3) is 0 Å². The largest absolute Gasteiger partial charge is 0.142 e. The predicted molar refractivity (Wildman–Crippen MR) is 117 cm³/mol. The van der Waals surface area contributed by atoms with Gasteiger partial charge in [-0.15, -0.1) is 47.0 Å². The summed E-state index contributed by atoms with van der Waals surface area (Å²) in [7, 11) is 0. The molecule has 4 heteroatoms. The highest BCUT2D eigenvalue weighted by atomic mass is 32.2. The Kier molecular flexibility index (Phi) is 4.42. The summed E-state index contributed by atoms with van der Waals surface area (Å²) < 4.78 is 1.16. The highest BCUT2D eigenvalue weighted by molar-refractivity contribution is 8.19. The molecule has 5 rings (SSSR count). The number of thioether (sulfide) groups is 4. The van der Waals surface area contributed by atoms with Crippen molar-refractivity contribution in [3.63, 3.8) is 0 Å². The summed E-state index contributed by atoms with van der Waals surface area (Å²) >= 11 is 8.46. The van der Waals surface area contributed by atoms with E-state index in [0.29, 0.717) is 9.16 Å². The van der Waals surface area contributed by atoms with Crippen LogP contribution in [-0.4, -0.2) is 23.0 Å². The van der Waals surface area contributed by atoms with E-state index in [9.17, 15) is 0 Å². The zero-order valence-corrected chi connectivity index (χ0v) is 16.5. The van der Waals surface area contributed by atoms with Crippen molar-refractivity contribution < 1.29 is 0 Å². The Morgan fingerprint density at radius 2 is 0.792 bits per heavy atom. The molecule has 0 bridgehead atoms. The lowest BCUT2D eigenvalue weighted by Crippen LogP contribution is -1.97. The molecule has 3 aromatic carbocycles. The minimum absolute atomic E-state index is 0.581. The molecule has 0 aromatic heterocycles. The first-order valence-electron chi connectivity index (χ1n) is 8.33. The summed E-state index contributed by atoms with van der Waals surface area (Å²) in [6.07, 6.45) is 0. The molecule has 2 aliphatic heterocycles. The van der Waals surface area contributed by atoms with Gasteiger partial charge < -0.3 is 0 Å². The molecule has 2 fully saturated rings. The zero-order valence-electron chi connectivity index (χ0n) is 13.2. The van der Waals surface area contributed by atoms with Crippen LogP contribution in [0.25, 0.3) is 21.5 Å². The van der Waals surface area contributed by atoms with Gasteiger partial charge in [-0.1, -0.05) is 48.5 Å². The van der Waals surface area contributed by atoms with E-state index in [4.69, 9.17) is 0 Å². The number of hydrogen-bond acceptors (Lipinski definition) is 4. The molecule has 0 unspecified atom stereocenters. The van der Waals surface area contributed by atoms with E-state index in [2.05, 4.69) is 95.6 Å². The van der Waals surface area contributed by atoms with E-state index in [0.717, 1.165) is 0 Å². The first-order chi connectivity index (χ1) is 11.9. The van der Waals surface area contributed by atoms with Crippen LogP contribution < -0.4 is 0 Å². The molecule has 0 atom stereocenters. The van der Waals surface area contributed by atoms with Crippen molar-refractivity contribution in [3.05, 3.63) is 59.7 Å². The number of fused-ring (bicyclic) bond motifs is 2. The van der Waals surface area contributed by atoms with E-state index < -0.39 is 0 Å². The second kappa shape index (κ2) is 6.71. The van der Waals surface area contributed by atoms with Crippen LogP contribution >= 0.6 is 47.0 Å². The highest BCUT2D eigenvalue weighted by Crippen LogP contribution is 2.54. The summed E-state index contributed by atoms with van der Waals surface area (Å²) in [5.41, 5.74) is 3.12. The Bertz CT molecular complexity index is 762. The van der Waals surface area contributed by atoms with Crippen LogP contribution in [0.1, 0.15) is 20.3 Å². The number of benzene rings is 3. The molecule has 2 aliphatic rings. The molecular weight excluding hydrogens is 368 g/mol. The third-order valence-corrected chi connectivity index (χ3v) is 10.8. The van der Waals surface area contributed by atoms with Crippen molar-refractivity contribution in [2.24, 2.45) is 0 Å². The maximum Gasteiger partial charge on any atom is 0.0763 e. The summed E-state index contributed by atoms with van der Waals surface area (Å²) in [6.45, 7) is 0. The van der Waals surface area contributed by atoms with Gasteiger partial charge in [-0.25, -0.2) is 0 Å². The lowest BCUT2D eigenvalue weighted by Gasteiger charge is -2.22. The molecule has 3 aromatic rings. The molecule has 0 amide bonds. The van der Waals surface area contributed by atoms with Crippen molar-refractivity contribution >= 4 is 68.6 Å². The Morgan fingerprint density at radius 1 is 0.500 bits per heavy atom. The topological polar surface area (TPSA) is 0 Å². The molecular formula is C20H18S4. The molecule has 24 heavy (non-hydrogen) atoms. The van der Waals surface area contributed by atoms with Crippen LogP contribution in [0.3, 0.4) is 0 Å². The fraction of sp³-hybridized carbons (Fsp3) is 0.300. The second-order valence-corrected chi connectivity index (χ2v) is 11.5. The third-order valence-electron chi connectivity index (χ3n) is 4.73. The second-order valence-electron chi connectivity index (χ2n) is 6.07. The highest BCUT2D eigenvalue weighted by Gasteiger charge is 2.28. The van der Waals surface area contributed by atoms with E-state index in [-0.39, 0.29) is 0 Å². The van der Waals surface area contributed by atoms with Crippen LogP contribution in [0.15, 0.2) is 48.5 Å². The standard InChI is InChI=1S/C20H18S4/c1-2-6-14-13(5-1)17(19-21-9-10-22-19)15-7-3-4-8-16(15)18(14)20-23-11-12-24-20/h1-8,19-20H,9-12H2. The van der Waals surface area contributed by atoms with Crippen molar-refractivity contribution in [3.8, 4) is 0 Å². The van der Waals surface area contributed by atoms with Gasteiger partial charge in [0.1, 0.15) is 0 Å². The summed E-state index contributed by atoms with van der Waals surface area (Å²) in [6, 6.07) is 18.3. The lowest BCUT2D eigenvalue weighted by atomic mass is 9.93. The minimum Gasteiger partial charge on any atom is -0.142 e. The fourth-order valence-corrected chi connectivity index (χ4v) is 9.76. The van der Waals surface area contributed by atoms with E-state index in [1.807, 2.05) is 0 Å². The normalized spacial score (nSPS) is 19.7. The van der Waals surface area contributed by atoms with E-state index in [1.165, 1.54) is 44.6 Å². The first kappa shape index (κ1) is 15.8. The van der Waals surface area contributed by atoms with Crippen molar-refractivity contribution in [1.82, 2.24) is 0 Å². The average Bonchev–Trinajstić information content (AvgIpc) is 3.33. The maximum atomic E-state index is 2.35. The van der Waals surface area contributed by atoms with Crippen molar-refractivity contribution in [2.75, 3.05) is 23.0 Å². The Morgan fingerprint density at radius 3 is 1.08 bits per heavy atom. The van der Waals surface area contributed by atoms with Gasteiger partial charge in [0.2, 0.25) is 0 Å². The molecule has 0 N–H and O–H groups in total. The quantitative estimate of drug-likeness (QED) is 0.437. The SMILES string of the molecule is c1ccc2c(C3SCCS3)c3ccccc3c(C3SCCS3)c2c1. The fourth-order valence-electron chi connectivity index (χ4n) is 3.75. The van der Waals surface area contributed by atoms with Gasteiger partial charge >= 0.3 is 0 Å². The van der Waals surface area contributed by atoms with Crippen LogP contribution in [-0.2, 0) is 0 Å². The van der Waals surface area contributed by atoms with Gasteiger partial charge in [-0.3, -0.25) is 0 Å². The summed E-state index contributed by atoms with van der Waals surface area (Å²) in [5, 5.41) is 5.91. The van der Waals surface area contributed by atoms with Gasteiger partial charge in [-0.2, -0.15) is 0 Å². The van der Waals surface area contributed by atoms with Crippen molar-refractivity contribution in [1.29, 1.82) is 0 Å². The minimum atomic E-state index is 0.581. The predicted octanol–water partition coefficient (Wildman–Crippen LogP) is 6.95. The molecule has 0 saturated carbocycles. The Labute approximate surface area is 159 Å². The van der Waals surface area contributed by atoms with E-state index in [1.54, 1.807) is 11.1 Å². The molecule has 2 saturated heterocycles. The van der Waals surface area contributed by atoms with Crippen LogP contribution in [0.2, 0.25) is 0 Å². The van der Waals surface area contributed by atoms with Crippen LogP contribution in [0.4, 0.5) is 0 Å². The molecule has 0 nitrogen and oxygen atoms in total. The smallest absolute Gasteiger partial charge is 0.0763 e. The zero-order chi connectivity index (χ0) is 15.9. The molecule has 0 radical (unpaired) electrons. The monoisotopic (exact) mass is 386 g/mol. The first-order valence-corrected chi connectivity index (χ1v) is 12.5. The summed E-state index contributed by atoms with van der Waals surface area (Å²) in [4.78, 5) is 0. The maximum absolute atomic E-state index is 2.35. The van der Waals surface area contributed by atoms with Crippen LogP contribution in [0, 0.1) is 0 Å².